The molecule has 1 fully saturated rings. The number of nitrogens with zero attached hydrogens (tertiary/aromatic N) is 2. The van der Waals surface area contributed by atoms with Crippen LogP contribution in [0, 0.1) is 6.92 Å². The first-order valence-corrected chi connectivity index (χ1v) is 13.5. The van der Waals surface area contributed by atoms with Crippen LogP contribution in [-0.2, 0) is 28.3 Å². The third-order valence-electron chi connectivity index (χ3n) is 6.94. The molecule has 0 unspecified atom stereocenters. The topological polar surface area (TPSA) is 49.9 Å². The Morgan fingerprint density at radius 1 is 0.784 bits per heavy atom. The second-order valence-electron chi connectivity index (χ2n) is 9.77. The summed E-state index contributed by atoms with van der Waals surface area (Å²) in [5, 5.41) is 0. The number of ether oxygens (including phenoxy) is 1. The van der Waals surface area contributed by atoms with Crippen molar-refractivity contribution in [3.63, 3.8) is 0 Å². The van der Waals surface area contributed by atoms with Crippen LogP contribution in [-0.4, -0.2) is 43.8 Å². The van der Waals surface area contributed by atoms with Crippen LogP contribution >= 0.6 is 0 Å². The third kappa shape index (κ3) is 6.17. The number of hydrogen-bond acceptors (Lipinski definition) is 4. The predicted molar refractivity (Wildman–Crippen MR) is 137 cm³/mol. The summed E-state index contributed by atoms with van der Waals surface area (Å²) in [6.45, 7) is 8.33. The first-order valence-electron chi connectivity index (χ1n) is 12.1. The molecule has 3 aromatic rings. The van der Waals surface area contributed by atoms with Gasteiger partial charge in [-0.1, -0.05) is 42.0 Å². The first-order chi connectivity index (χ1) is 17.4. The molecular formula is C28H31F3N2O3S. The maximum atomic E-state index is 13.0. The fraction of sp³-hybridized carbons (Fsp3) is 0.357. The fourth-order valence-electron chi connectivity index (χ4n) is 4.45. The summed E-state index contributed by atoms with van der Waals surface area (Å²) in [5.74, 6) is 0.619. The van der Waals surface area contributed by atoms with Crippen molar-refractivity contribution in [2.75, 3.05) is 26.2 Å². The van der Waals surface area contributed by atoms with E-state index in [9.17, 15) is 21.6 Å². The van der Waals surface area contributed by atoms with Crippen molar-refractivity contribution in [3.8, 4) is 5.75 Å². The zero-order valence-corrected chi connectivity index (χ0v) is 21.9. The number of rotatable bonds is 7. The fourth-order valence-corrected chi connectivity index (χ4v) is 5.87. The van der Waals surface area contributed by atoms with Crippen LogP contribution in [0.3, 0.4) is 0 Å². The molecule has 0 aromatic heterocycles. The Morgan fingerprint density at radius 3 is 1.86 bits per heavy atom. The highest BCUT2D eigenvalue weighted by Gasteiger charge is 2.35. The number of aryl methyl sites for hydroxylation is 1. The normalized spacial score (nSPS) is 16.1. The second kappa shape index (κ2) is 10.5. The lowest BCUT2D eigenvalue weighted by molar-refractivity contribution is -0.137. The van der Waals surface area contributed by atoms with Crippen molar-refractivity contribution in [2.45, 2.75) is 44.0 Å². The van der Waals surface area contributed by atoms with E-state index in [1.54, 1.807) is 16.4 Å². The monoisotopic (exact) mass is 532 g/mol. The Labute approximate surface area is 216 Å². The van der Waals surface area contributed by atoms with E-state index in [1.807, 2.05) is 43.3 Å². The number of halogens is 3. The SMILES string of the molecule is Cc1ccc(S(=O)(=O)N2CCN(C(C)(C)c3ccc(OCc4ccc(C(F)(F)F)cc4)cc3)CC2)cc1. The van der Waals surface area contributed by atoms with Gasteiger partial charge in [-0.25, -0.2) is 8.42 Å². The zero-order valence-electron chi connectivity index (χ0n) is 21.1. The van der Waals surface area contributed by atoms with Crippen molar-refractivity contribution in [1.82, 2.24) is 9.21 Å². The minimum absolute atomic E-state index is 0.165. The summed E-state index contributed by atoms with van der Waals surface area (Å²) in [6, 6.07) is 19.5. The van der Waals surface area contributed by atoms with Gasteiger partial charge >= 0.3 is 6.18 Å². The molecule has 9 heteroatoms. The molecule has 1 saturated heterocycles. The van der Waals surface area contributed by atoms with Gasteiger partial charge in [0.2, 0.25) is 10.0 Å². The average Bonchev–Trinajstić information content (AvgIpc) is 2.88. The predicted octanol–water partition coefficient (Wildman–Crippen LogP) is 5.83. The molecule has 37 heavy (non-hydrogen) atoms. The van der Waals surface area contributed by atoms with Gasteiger partial charge in [0.25, 0.3) is 0 Å². The molecule has 198 valence electrons. The van der Waals surface area contributed by atoms with Crippen molar-refractivity contribution < 1.29 is 26.3 Å². The van der Waals surface area contributed by atoms with E-state index >= 15 is 0 Å². The molecule has 0 radical (unpaired) electrons. The highest BCUT2D eigenvalue weighted by molar-refractivity contribution is 7.89. The van der Waals surface area contributed by atoms with E-state index in [1.165, 1.54) is 12.1 Å². The third-order valence-corrected chi connectivity index (χ3v) is 8.85. The minimum atomic E-state index is -4.36. The minimum Gasteiger partial charge on any atom is -0.489 e. The second-order valence-corrected chi connectivity index (χ2v) is 11.7. The number of piperazine rings is 1. The number of hydrogen-bond donors (Lipinski definition) is 0. The van der Waals surface area contributed by atoms with Gasteiger partial charge in [0.1, 0.15) is 12.4 Å². The largest absolute Gasteiger partial charge is 0.489 e. The van der Waals surface area contributed by atoms with Gasteiger partial charge in [0.05, 0.1) is 10.5 Å². The molecule has 3 aromatic carbocycles. The highest BCUT2D eigenvalue weighted by atomic mass is 32.2. The molecule has 0 saturated carbocycles. The van der Waals surface area contributed by atoms with Crippen LogP contribution in [0.1, 0.15) is 36.1 Å². The van der Waals surface area contributed by atoms with Crippen molar-refractivity contribution in [3.05, 3.63) is 95.1 Å². The zero-order chi connectivity index (χ0) is 26.8. The van der Waals surface area contributed by atoms with E-state index in [0.717, 1.165) is 23.3 Å². The Bertz CT molecular complexity index is 1300. The van der Waals surface area contributed by atoms with Gasteiger partial charge in [-0.05, 0) is 68.3 Å². The molecule has 0 aliphatic carbocycles. The van der Waals surface area contributed by atoms with Crippen LogP contribution < -0.4 is 4.74 Å². The van der Waals surface area contributed by atoms with Crippen LogP contribution in [0.2, 0.25) is 0 Å². The molecule has 0 N–H and O–H groups in total. The molecule has 0 spiro atoms. The number of sulfonamides is 1. The van der Waals surface area contributed by atoms with E-state index < -0.39 is 21.8 Å². The number of benzene rings is 3. The van der Waals surface area contributed by atoms with E-state index in [0.29, 0.717) is 42.4 Å². The Hall–Kier alpha value is -2.88. The van der Waals surface area contributed by atoms with Crippen LogP contribution in [0.25, 0.3) is 0 Å². The van der Waals surface area contributed by atoms with Crippen LogP contribution in [0.15, 0.2) is 77.7 Å². The summed E-state index contributed by atoms with van der Waals surface area (Å²) in [4.78, 5) is 2.59. The lowest BCUT2D eigenvalue weighted by Crippen LogP contribution is -2.54. The van der Waals surface area contributed by atoms with E-state index in [-0.39, 0.29) is 12.1 Å². The van der Waals surface area contributed by atoms with Gasteiger partial charge in [0.15, 0.2) is 0 Å². The Balaban J connectivity index is 1.35. The first kappa shape index (κ1) is 27.2. The maximum absolute atomic E-state index is 13.0. The highest BCUT2D eigenvalue weighted by Crippen LogP contribution is 2.32. The van der Waals surface area contributed by atoms with Gasteiger partial charge in [-0.2, -0.15) is 17.5 Å². The molecule has 0 amide bonds. The molecule has 4 rings (SSSR count). The van der Waals surface area contributed by atoms with Crippen molar-refractivity contribution >= 4 is 10.0 Å². The maximum Gasteiger partial charge on any atom is 0.416 e. The quantitative estimate of drug-likeness (QED) is 0.384. The van der Waals surface area contributed by atoms with E-state index in [4.69, 9.17) is 4.74 Å². The van der Waals surface area contributed by atoms with Gasteiger partial charge in [0, 0.05) is 31.7 Å². The molecule has 1 aliphatic rings. The lowest BCUT2D eigenvalue weighted by Gasteiger charge is -2.44. The van der Waals surface area contributed by atoms with Gasteiger partial charge < -0.3 is 4.74 Å². The summed E-state index contributed by atoms with van der Waals surface area (Å²) in [5.41, 5.74) is 1.71. The van der Waals surface area contributed by atoms with E-state index in [2.05, 4.69) is 18.7 Å². The molecule has 5 nitrogen and oxygen atoms in total. The van der Waals surface area contributed by atoms with Crippen LogP contribution in [0.4, 0.5) is 13.2 Å². The van der Waals surface area contributed by atoms with Crippen molar-refractivity contribution in [2.24, 2.45) is 0 Å². The molecule has 1 aliphatic heterocycles. The van der Waals surface area contributed by atoms with Gasteiger partial charge in [-0.15, -0.1) is 0 Å². The van der Waals surface area contributed by atoms with Crippen molar-refractivity contribution in [1.29, 1.82) is 0 Å². The lowest BCUT2D eigenvalue weighted by atomic mass is 9.91. The Morgan fingerprint density at radius 2 is 1.32 bits per heavy atom. The number of alkyl halides is 3. The van der Waals surface area contributed by atoms with Gasteiger partial charge in [-0.3, -0.25) is 4.90 Å². The standard InChI is InChI=1S/C28H31F3N2O3S/c1-21-4-14-26(15-5-21)37(34,35)33-18-16-32(17-19-33)27(2,3)23-10-12-25(13-11-23)36-20-22-6-8-24(9-7-22)28(29,30)31/h4-15H,16-20H2,1-3H3. The smallest absolute Gasteiger partial charge is 0.416 e. The molecular weight excluding hydrogens is 501 g/mol. The summed E-state index contributed by atoms with van der Waals surface area (Å²) in [6.07, 6.45) is -4.36. The average molecular weight is 533 g/mol. The molecule has 0 bridgehead atoms. The molecule has 1 heterocycles. The molecule has 0 atom stereocenters. The Kier molecular flexibility index (Phi) is 7.69. The summed E-state index contributed by atoms with van der Waals surface area (Å²) in [7, 11) is -3.52. The van der Waals surface area contributed by atoms with Crippen LogP contribution in [0.5, 0.6) is 5.75 Å². The summed E-state index contributed by atoms with van der Waals surface area (Å²) >= 11 is 0. The summed E-state index contributed by atoms with van der Waals surface area (Å²) < 4.78 is 71.6.